The summed E-state index contributed by atoms with van der Waals surface area (Å²) < 4.78 is 1.90. The zero-order chi connectivity index (χ0) is 14.3. The van der Waals surface area contributed by atoms with Gasteiger partial charge in [-0.05, 0) is 13.8 Å². The molecule has 1 N–H and O–H groups in total. The summed E-state index contributed by atoms with van der Waals surface area (Å²) in [7, 11) is 0. The number of fused-ring (bicyclic) bond motifs is 1. The minimum Gasteiger partial charge on any atom is -0.352 e. The molecule has 1 aliphatic heterocycles. The third kappa shape index (κ3) is 2.07. The Kier molecular flexibility index (Phi) is 3.01. The highest BCUT2D eigenvalue weighted by Gasteiger charge is 2.40. The molecule has 0 unspecified atom stereocenters. The Hall–Kier alpha value is -1.89. The molecule has 2 amide bonds. The van der Waals surface area contributed by atoms with E-state index in [1.54, 1.807) is 18.7 Å². The van der Waals surface area contributed by atoms with Gasteiger partial charge in [0.05, 0.1) is 12.1 Å². The molecule has 0 bridgehead atoms. The quantitative estimate of drug-likeness (QED) is 0.885. The van der Waals surface area contributed by atoms with Gasteiger partial charge in [-0.2, -0.15) is 0 Å². The number of hydrogen-bond donors (Lipinski definition) is 1. The molecule has 1 fully saturated rings. The van der Waals surface area contributed by atoms with Crippen LogP contribution in [-0.4, -0.2) is 44.7 Å². The van der Waals surface area contributed by atoms with Gasteiger partial charge in [-0.3, -0.25) is 14.0 Å². The van der Waals surface area contributed by atoms with Crippen molar-refractivity contribution in [3.63, 3.8) is 0 Å². The van der Waals surface area contributed by atoms with Gasteiger partial charge in [-0.15, -0.1) is 11.3 Å². The van der Waals surface area contributed by atoms with Crippen LogP contribution in [0.5, 0.6) is 0 Å². The molecule has 0 atom stereocenters. The van der Waals surface area contributed by atoms with Gasteiger partial charge in [0.15, 0.2) is 4.96 Å². The molecule has 3 heterocycles. The minimum atomic E-state index is -0.799. The molecule has 0 aliphatic carbocycles. The average Bonchev–Trinajstić information content (AvgIpc) is 2.93. The second-order valence-corrected chi connectivity index (χ2v) is 6.24. The fraction of sp³-hybridized carbons (Fsp3) is 0.462. The number of carbonyl (C=O) groups excluding carboxylic acids is 2. The maximum atomic E-state index is 12.4. The van der Waals surface area contributed by atoms with Crippen molar-refractivity contribution >= 4 is 28.1 Å². The third-order valence-electron chi connectivity index (χ3n) is 3.63. The van der Waals surface area contributed by atoms with Crippen molar-refractivity contribution in [2.24, 2.45) is 0 Å². The number of imidazole rings is 1. The normalized spacial score (nSPS) is 18.3. The van der Waals surface area contributed by atoms with Gasteiger partial charge < -0.3 is 10.2 Å². The molecule has 106 valence electrons. The topological polar surface area (TPSA) is 66.7 Å². The van der Waals surface area contributed by atoms with Crippen LogP contribution in [0.25, 0.3) is 4.96 Å². The molecule has 20 heavy (non-hydrogen) atoms. The Labute approximate surface area is 120 Å². The van der Waals surface area contributed by atoms with Crippen LogP contribution in [0.15, 0.2) is 17.8 Å². The van der Waals surface area contributed by atoms with Gasteiger partial charge >= 0.3 is 0 Å². The van der Waals surface area contributed by atoms with E-state index >= 15 is 0 Å². The van der Waals surface area contributed by atoms with E-state index < -0.39 is 5.54 Å². The highest BCUT2D eigenvalue weighted by molar-refractivity contribution is 7.15. The zero-order valence-electron chi connectivity index (χ0n) is 11.4. The number of rotatable bonds is 2. The summed E-state index contributed by atoms with van der Waals surface area (Å²) >= 11 is 1.53. The summed E-state index contributed by atoms with van der Waals surface area (Å²) in [4.78, 5) is 31.2. The van der Waals surface area contributed by atoms with E-state index in [2.05, 4.69) is 10.3 Å². The number of amides is 2. The lowest BCUT2D eigenvalue weighted by Gasteiger charge is -2.41. The Morgan fingerprint density at radius 3 is 3.10 bits per heavy atom. The predicted octanol–water partition coefficient (Wildman–Crippen LogP) is 0.675. The number of piperazine rings is 1. The number of hydrogen-bond acceptors (Lipinski definition) is 4. The first kappa shape index (κ1) is 13.1. The molecule has 2 aromatic heterocycles. The van der Waals surface area contributed by atoms with Crippen molar-refractivity contribution in [1.82, 2.24) is 19.6 Å². The van der Waals surface area contributed by atoms with E-state index in [1.807, 2.05) is 22.2 Å². The first-order chi connectivity index (χ1) is 9.48. The summed E-state index contributed by atoms with van der Waals surface area (Å²) in [6.45, 7) is 4.59. The molecular formula is C13H16N4O2S. The number of thiazole rings is 1. The highest BCUT2D eigenvalue weighted by Crippen LogP contribution is 2.19. The lowest BCUT2D eigenvalue weighted by atomic mass is 9.98. The van der Waals surface area contributed by atoms with Crippen LogP contribution in [0.1, 0.15) is 19.5 Å². The van der Waals surface area contributed by atoms with Crippen LogP contribution < -0.4 is 5.32 Å². The maximum absolute atomic E-state index is 12.4. The second kappa shape index (κ2) is 4.59. The Balaban J connectivity index is 1.78. The van der Waals surface area contributed by atoms with E-state index in [0.717, 1.165) is 10.7 Å². The molecule has 6 nitrogen and oxygen atoms in total. The summed E-state index contributed by atoms with van der Waals surface area (Å²) in [6.07, 6.45) is 4.01. The van der Waals surface area contributed by atoms with E-state index in [9.17, 15) is 9.59 Å². The fourth-order valence-corrected chi connectivity index (χ4v) is 3.17. The van der Waals surface area contributed by atoms with Crippen molar-refractivity contribution in [2.75, 3.05) is 13.1 Å². The molecule has 7 heteroatoms. The lowest BCUT2D eigenvalue weighted by molar-refractivity contribution is -0.148. The van der Waals surface area contributed by atoms with Crippen LogP contribution in [0.2, 0.25) is 0 Å². The predicted molar refractivity (Wildman–Crippen MR) is 75.6 cm³/mol. The summed E-state index contributed by atoms with van der Waals surface area (Å²) in [5, 5.41) is 4.74. The number of nitrogens with one attached hydrogen (secondary N) is 1. The van der Waals surface area contributed by atoms with Gasteiger partial charge in [-0.25, -0.2) is 4.98 Å². The lowest BCUT2D eigenvalue weighted by Crippen LogP contribution is -2.63. The van der Waals surface area contributed by atoms with Gasteiger partial charge in [0.2, 0.25) is 11.8 Å². The number of aromatic nitrogens is 2. The second-order valence-electron chi connectivity index (χ2n) is 5.36. The average molecular weight is 292 g/mol. The van der Waals surface area contributed by atoms with E-state index in [4.69, 9.17) is 0 Å². The highest BCUT2D eigenvalue weighted by atomic mass is 32.1. The smallest absolute Gasteiger partial charge is 0.245 e. The standard InChI is InChI=1S/C13H16N4O2S/c1-13(2)11(19)14-3-4-17(13)10(18)7-9-8-16-5-6-20-12(16)15-9/h5-6,8H,3-4,7H2,1-2H3,(H,14,19). The van der Waals surface area contributed by atoms with Gasteiger partial charge in [-0.1, -0.05) is 0 Å². The van der Waals surface area contributed by atoms with Gasteiger partial charge in [0, 0.05) is 30.9 Å². The molecule has 0 saturated carbocycles. The monoisotopic (exact) mass is 292 g/mol. The van der Waals surface area contributed by atoms with Crippen LogP contribution in [0, 0.1) is 0 Å². The van der Waals surface area contributed by atoms with Crippen LogP contribution in [-0.2, 0) is 16.0 Å². The fourth-order valence-electron chi connectivity index (χ4n) is 2.45. The van der Waals surface area contributed by atoms with Crippen molar-refractivity contribution in [2.45, 2.75) is 25.8 Å². The third-order valence-corrected chi connectivity index (χ3v) is 4.40. The molecule has 0 spiro atoms. The van der Waals surface area contributed by atoms with Crippen LogP contribution in [0.4, 0.5) is 0 Å². The first-order valence-electron chi connectivity index (χ1n) is 6.48. The van der Waals surface area contributed by atoms with Crippen molar-refractivity contribution in [3.05, 3.63) is 23.5 Å². The zero-order valence-corrected chi connectivity index (χ0v) is 12.2. The summed E-state index contributed by atoms with van der Waals surface area (Å²) in [5.41, 5.74) is -0.0597. The van der Waals surface area contributed by atoms with Crippen molar-refractivity contribution in [3.8, 4) is 0 Å². The number of nitrogens with zero attached hydrogens (tertiary/aromatic N) is 3. The molecule has 0 radical (unpaired) electrons. The minimum absolute atomic E-state index is 0.0596. The van der Waals surface area contributed by atoms with Gasteiger partial charge in [0.25, 0.3) is 0 Å². The summed E-state index contributed by atoms with van der Waals surface area (Å²) in [5.74, 6) is -0.168. The van der Waals surface area contributed by atoms with Crippen LogP contribution >= 0.6 is 11.3 Å². The van der Waals surface area contributed by atoms with E-state index in [1.165, 1.54) is 11.3 Å². The molecule has 1 saturated heterocycles. The van der Waals surface area contributed by atoms with Gasteiger partial charge in [0.1, 0.15) is 5.54 Å². The Bertz CT molecular complexity index is 644. The molecule has 2 aromatic rings. The Morgan fingerprint density at radius 2 is 2.35 bits per heavy atom. The van der Waals surface area contributed by atoms with E-state index in [0.29, 0.717) is 13.1 Å². The Morgan fingerprint density at radius 1 is 1.55 bits per heavy atom. The van der Waals surface area contributed by atoms with Crippen LogP contribution in [0.3, 0.4) is 0 Å². The van der Waals surface area contributed by atoms with E-state index in [-0.39, 0.29) is 18.2 Å². The summed E-state index contributed by atoms with van der Waals surface area (Å²) in [6, 6.07) is 0. The maximum Gasteiger partial charge on any atom is 0.245 e. The molecule has 3 rings (SSSR count). The van der Waals surface area contributed by atoms with Crippen molar-refractivity contribution < 1.29 is 9.59 Å². The molecule has 0 aromatic carbocycles. The molecule has 1 aliphatic rings. The SMILES string of the molecule is CC1(C)C(=O)NCCN1C(=O)Cc1cn2ccsc2n1. The van der Waals surface area contributed by atoms with Crippen molar-refractivity contribution in [1.29, 1.82) is 0 Å². The molecular weight excluding hydrogens is 276 g/mol. The number of carbonyl (C=O) groups is 2. The first-order valence-corrected chi connectivity index (χ1v) is 7.36. The largest absolute Gasteiger partial charge is 0.352 e.